The molecule has 0 saturated carbocycles. The topological polar surface area (TPSA) is 74.6 Å². The van der Waals surface area contributed by atoms with Gasteiger partial charge in [-0.2, -0.15) is 0 Å². The second-order valence-electron chi connectivity index (χ2n) is 4.79. The first-order chi connectivity index (χ1) is 10.1. The molecule has 108 valence electrons. The van der Waals surface area contributed by atoms with E-state index < -0.39 is 11.9 Å². The smallest absolute Gasteiger partial charge is 0.335 e. The summed E-state index contributed by atoms with van der Waals surface area (Å²) in [6.07, 6.45) is 0.900. The second-order valence-corrected chi connectivity index (χ2v) is 4.79. The number of carboxylic acids is 2. The SMILES string of the molecule is O=C(O)CCCc1cc(-c2ccccc2)ccc1C(=O)O. The van der Waals surface area contributed by atoms with E-state index in [9.17, 15) is 14.7 Å². The molecule has 0 aromatic heterocycles. The molecule has 2 aromatic rings. The van der Waals surface area contributed by atoms with E-state index in [0.717, 1.165) is 11.1 Å². The van der Waals surface area contributed by atoms with Crippen molar-refractivity contribution in [2.75, 3.05) is 0 Å². The Kier molecular flexibility index (Phi) is 4.72. The molecule has 2 rings (SSSR count). The van der Waals surface area contributed by atoms with Crippen molar-refractivity contribution in [3.63, 3.8) is 0 Å². The lowest BCUT2D eigenvalue weighted by Crippen LogP contribution is -2.04. The van der Waals surface area contributed by atoms with E-state index in [0.29, 0.717) is 18.4 Å². The zero-order valence-electron chi connectivity index (χ0n) is 11.5. The van der Waals surface area contributed by atoms with Gasteiger partial charge >= 0.3 is 11.9 Å². The fraction of sp³-hybridized carbons (Fsp3) is 0.176. The first kappa shape index (κ1) is 14.8. The van der Waals surface area contributed by atoms with Gasteiger partial charge in [0.2, 0.25) is 0 Å². The van der Waals surface area contributed by atoms with E-state index in [1.807, 2.05) is 36.4 Å². The fourth-order valence-electron chi connectivity index (χ4n) is 2.25. The van der Waals surface area contributed by atoms with E-state index in [2.05, 4.69) is 0 Å². The van der Waals surface area contributed by atoms with Crippen LogP contribution in [0.2, 0.25) is 0 Å². The summed E-state index contributed by atoms with van der Waals surface area (Å²) in [5.74, 6) is -1.86. The molecular formula is C17H16O4. The maximum atomic E-state index is 11.3. The van der Waals surface area contributed by atoms with E-state index >= 15 is 0 Å². The predicted octanol–water partition coefficient (Wildman–Crippen LogP) is 3.46. The molecule has 0 unspecified atom stereocenters. The molecule has 2 N–H and O–H groups in total. The molecule has 2 aromatic carbocycles. The van der Waals surface area contributed by atoms with E-state index in [1.54, 1.807) is 12.1 Å². The minimum atomic E-state index is -0.986. The number of aryl methyl sites for hydroxylation is 1. The Hall–Kier alpha value is -2.62. The summed E-state index contributed by atoms with van der Waals surface area (Å²) in [6.45, 7) is 0. The van der Waals surface area contributed by atoms with Crippen molar-refractivity contribution < 1.29 is 19.8 Å². The Balaban J connectivity index is 2.30. The number of carboxylic acid groups (broad SMARTS) is 2. The van der Waals surface area contributed by atoms with Crippen molar-refractivity contribution in [1.82, 2.24) is 0 Å². The molecule has 0 saturated heterocycles. The van der Waals surface area contributed by atoms with Gasteiger partial charge in [0.25, 0.3) is 0 Å². The van der Waals surface area contributed by atoms with Gasteiger partial charge in [-0.1, -0.05) is 42.5 Å². The number of rotatable bonds is 6. The maximum Gasteiger partial charge on any atom is 0.335 e. The molecule has 0 aliphatic carbocycles. The zero-order valence-corrected chi connectivity index (χ0v) is 11.5. The van der Waals surface area contributed by atoms with Crippen LogP contribution in [0.15, 0.2) is 48.5 Å². The zero-order chi connectivity index (χ0) is 15.2. The molecule has 0 spiro atoms. The molecule has 0 amide bonds. The number of benzene rings is 2. The van der Waals surface area contributed by atoms with Gasteiger partial charge in [0.05, 0.1) is 5.56 Å². The highest BCUT2D eigenvalue weighted by Gasteiger charge is 2.12. The first-order valence-corrected chi connectivity index (χ1v) is 6.71. The van der Waals surface area contributed by atoms with Crippen molar-refractivity contribution in [3.8, 4) is 11.1 Å². The van der Waals surface area contributed by atoms with Gasteiger partial charge < -0.3 is 10.2 Å². The molecule has 0 atom stereocenters. The summed E-state index contributed by atoms with van der Waals surface area (Å²) in [7, 11) is 0. The molecule has 0 fully saturated rings. The van der Waals surface area contributed by atoms with Crippen LogP contribution in [0.4, 0.5) is 0 Å². The predicted molar refractivity (Wildman–Crippen MR) is 79.4 cm³/mol. The molecule has 0 aliphatic heterocycles. The summed E-state index contributed by atoms with van der Waals surface area (Å²) in [6, 6.07) is 14.9. The summed E-state index contributed by atoms with van der Waals surface area (Å²) in [4.78, 5) is 21.8. The lowest BCUT2D eigenvalue weighted by molar-refractivity contribution is -0.137. The van der Waals surface area contributed by atoms with Gasteiger partial charge in [0, 0.05) is 6.42 Å². The molecule has 4 heteroatoms. The summed E-state index contributed by atoms with van der Waals surface area (Å²) in [5.41, 5.74) is 2.85. The maximum absolute atomic E-state index is 11.3. The van der Waals surface area contributed by atoms with Crippen LogP contribution in [0.1, 0.15) is 28.8 Å². The molecule has 0 radical (unpaired) electrons. The van der Waals surface area contributed by atoms with E-state index in [4.69, 9.17) is 5.11 Å². The fourth-order valence-corrected chi connectivity index (χ4v) is 2.25. The Morgan fingerprint density at radius 1 is 0.905 bits per heavy atom. The summed E-state index contributed by atoms with van der Waals surface area (Å²) in [5, 5.41) is 17.9. The van der Waals surface area contributed by atoms with Crippen molar-refractivity contribution in [1.29, 1.82) is 0 Å². The summed E-state index contributed by atoms with van der Waals surface area (Å²) >= 11 is 0. The lowest BCUT2D eigenvalue weighted by Gasteiger charge is -2.09. The standard InChI is InChI=1S/C17H16O4/c18-16(19)8-4-7-14-11-13(9-10-15(14)17(20)21)12-5-2-1-3-6-12/h1-3,5-6,9-11H,4,7-8H2,(H,18,19)(H,20,21). The highest BCUT2D eigenvalue weighted by molar-refractivity contribution is 5.90. The summed E-state index contributed by atoms with van der Waals surface area (Å²) < 4.78 is 0. The monoisotopic (exact) mass is 284 g/mol. The van der Waals surface area contributed by atoms with Gasteiger partial charge in [-0.25, -0.2) is 4.79 Å². The highest BCUT2D eigenvalue weighted by Crippen LogP contribution is 2.23. The Bertz CT molecular complexity index is 647. The number of aromatic carboxylic acids is 1. The van der Waals surface area contributed by atoms with Gasteiger partial charge in [-0.3, -0.25) is 4.79 Å². The molecular weight excluding hydrogens is 268 g/mol. The van der Waals surface area contributed by atoms with Crippen LogP contribution in [-0.4, -0.2) is 22.2 Å². The van der Waals surface area contributed by atoms with Gasteiger partial charge in [0.1, 0.15) is 0 Å². The molecule has 0 aliphatic rings. The average Bonchev–Trinajstić information content (AvgIpc) is 2.47. The molecule has 21 heavy (non-hydrogen) atoms. The Morgan fingerprint density at radius 2 is 1.62 bits per heavy atom. The quantitative estimate of drug-likeness (QED) is 0.851. The van der Waals surface area contributed by atoms with E-state index in [-0.39, 0.29) is 12.0 Å². The second kappa shape index (κ2) is 6.70. The lowest BCUT2D eigenvalue weighted by atomic mass is 9.96. The Morgan fingerprint density at radius 3 is 2.24 bits per heavy atom. The van der Waals surface area contributed by atoms with Crippen LogP contribution in [0.25, 0.3) is 11.1 Å². The third kappa shape index (κ3) is 3.92. The number of hydrogen-bond donors (Lipinski definition) is 2. The van der Waals surface area contributed by atoms with Crippen molar-refractivity contribution in [2.24, 2.45) is 0 Å². The average molecular weight is 284 g/mol. The molecule has 0 heterocycles. The van der Waals surface area contributed by atoms with Crippen molar-refractivity contribution in [3.05, 3.63) is 59.7 Å². The number of carbonyl (C=O) groups is 2. The third-order valence-corrected chi connectivity index (χ3v) is 3.28. The van der Waals surface area contributed by atoms with Gasteiger partial charge in [-0.05, 0) is 35.6 Å². The normalized spacial score (nSPS) is 10.3. The van der Waals surface area contributed by atoms with Crippen LogP contribution in [0.3, 0.4) is 0 Å². The molecule has 0 bridgehead atoms. The first-order valence-electron chi connectivity index (χ1n) is 6.71. The van der Waals surface area contributed by atoms with Crippen LogP contribution in [0.5, 0.6) is 0 Å². The van der Waals surface area contributed by atoms with Crippen LogP contribution >= 0.6 is 0 Å². The van der Waals surface area contributed by atoms with Crippen LogP contribution in [-0.2, 0) is 11.2 Å². The van der Waals surface area contributed by atoms with Crippen molar-refractivity contribution in [2.45, 2.75) is 19.3 Å². The number of hydrogen-bond acceptors (Lipinski definition) is 2. The molecule has 4 nitrogen and oxygen atoms in total. The van der Waals surface area contributed by atoms with Gasteiger partial charge in [0.15, 0.2) is 0 Å². The largest absolute Gasteiger partial charge is 0.481 e. The van der Waals surface area contributed by atoms with Crippen LogP contribution < -0.4 is 0 Å². The Labute approximate surface area is 122 Å². The van der Waals surface area contributed by atoms with Gasteiger partial charge in [-0.15, -0.1) is 0 Å². The minimum absolute atomic E-state index is 0.0363. The van der Waals surface area contributed by atoms with Crippen LogP contribution in [0, 0.1) is 0 Å². The number of aliphatic carboxylic acids is 1. The van der Waals surface area contributed by atoms with Crippen molar-refractivity contribution >= 4 is 11.9 Å². The third-order valence-electron chi connectivity index (χ3n) is 3.28. The minimum Gasteiger partial charge on any atom is -0.481 e. The van der Waals surface area contributed by atoms with E-state index in [1.165, 1.54) is 0 Å². The highest BCUT2D eigenvalue weighted by atomic mass is 16.4.